The average molecular weight is 1130 g/mol. The Balaban J connectivity index is 0.00000988. The number of unbranched alkanes of at least 4 members (excludes halogenated alkanes) is 19. The Morgan fingerprint density at radius 1 is 0.618 bits per heavy atom. The van der Waals surface area contributed by atoms with Crippen molar-refractivity contribution in [3.63, 3.8) is 0 Å². The largest absolute Gasteiger partial charge is 0.513 e. The summed E-state index contributed by atoms with van der Waals surface area (Å²) in [5, 5.41) is 0. The number of ether oxygens (including phenoxy) is 4. The molecule has 76 heavy (non-hydrogen) atoms. The minimum Gasteiger partial charge on any atom is -0.434 e. The number of benzene rings is 2. The first-order valence-electron chi connectivity index (χ1n) is 26.0. The van der Waals surface area contributed by atoms with Crippen molar-refractivity contribution in [2.24, 2.45) is 0 Å². The number of aryl methyl sites for hydroxylation is 1. The van der Waals surface area contributed by atoms with E-state index in [0.29, 0.717) is 24.0 Å². The number of carbonyl (C=O) groups is 2. The van der Waals surface area contributed by atoms with Gasteiger partial charge in [0, 0.05) is 18.2 Å². The summed E-state index contributed by atoms with van der Waals surface area (Å²) in [5.74, 6) is -0.0324. The number of aromatic amines is 1. The van der Waals surface area contributed by atoms with Gasteiger partial charge >= 0.3 is 41.3 Å². The number of phosphoric acid groups is 3. The lowest BCUT2D eigenvalue weighted by molar-refractivity contribution is -0.134. The van der Waals surface area contributed by atoms with Crippen LogP contribution >= 0.6 is 23.5 Å². The monoisotopic (exact) mass is 1130 g/mol. The van der Waals surface area contributed by atoms with Gasteiger partial charge in [0.1, 0.15) is 17.6 Å². The van der Waals surface area contributed by atoms with E-state index in [1.807, 2.05) is 0 Å². The molecule has 3 aromatic rings. The van der Waals surface area contributed by atoms with Crippen molar-refractivity contribution in [1.29, 1.82) is 0 Å². The van der Waals surface area contributed by atoms with Crippen LogP contribution in [0.15, 0.2) is 76.5 Å². The SMILES string of the molecule is CCCCCCCCCCCCCCCCOC(=O)Oc1ccc(COP(=O)(OCc2ccc(OC(=O)CCCCCCCCC)cc2)OP(=O)(O)OP(=O)(O)OC[C@@H]2C=C[C@H](n3cc(C)c(=O)[nH]c3=O)O2)cc1.N.N. The highest BCUT2D eigenvalue weighted by Gasteiger charge is 2.44. The Kier molecular flexibility index (Phi) is 33.0. The van der Waals surface area contributed by atoms with Crippen LogP contribution in [0.4, 0.5) is 4.79 Å². The van der Waals surface area contributed by atoms with Gasteiger partial charge in [-0.05, 0) is 61.2 Å². The fourth-order valence-electron chi connectivity index (χ4n) is 7.67. The van der Waals surface area contributed by atoms with Crippen molar-refractivity contribution >= 4 is 35.6 Å². The maximum atomic E-state index is 14.1. The smallest absolute Gasteiger partial charge is 0.434 e. The quantitative estimate of drug-likeness (QED) is 0.00884. The van der Waals surface area contributed by atoms with E-state index in [0.717, 1.165) is 49.5 Å². The number of H-pyrrole nitrogens is 1. The molecule has 1 aliphatic rings. The average Bonchev–Trinajstić information content (AvgIpc) is 3.83. The number of aromatic nitrogens is 2. The van der Waals surface area contributed by atoms with Gasteiger partial charge in [0.25, 0.3) is 5.56 Å². The van der Waals surface area contributed by atoms with Crippen LogP contribution in [0.25, 0.3) is 0 Å². The lowest BCUT2D eigenvalue weighted by Crippen LogP contribution is -2.33. The van der Waals surface area contributed by atoms with Crippen LogP contribution in [0, 0.1) is 6.92 Å². The van der Waals surface area contributed by atoms with Crippen LogP contribution in [0.1, 0.15) is 178 Å². The summed E-state index contributed by atoms with van der Waals surface area (Å²) in [6.45, 7) is 4.20. The lowest BCUT2D eigenvalue weighted by Gasteiger charge is -2.22. The van der Waals surface area contributed by atoms with Crippen molar-refractivity contribution < 1.29 is 74.2 Å². The third-order valence-electron chi connectivity index (χ3n) is 11.8. The zero-order chi connectivity index (χ0) is 53.7. The number of nitrogens with zero attached hydrogens (tertiary/aromatic N) is 1. The number of hydrogen-bond acceptors (Lipinski definition) is 18. The van der Waals surface area contributed by atoms with E-state index in [1.165, 1.54) is 151 Å². The van der Waals surface area contributed by atoms with Gasteiger partial charge in [0.2, 0.25) is 0 Å². The van der Waals surface area contributed by atoms with Crippen LogP contribution < -0.4 is 33.0 Å². The standard InChI is InChI=1S/C51H77N2O18P3.2H3N/c1-4-6-8-10-12-13-14-15-16-17-18-20-22-24-36-63-51(57)69-45-32-28-43(29-33-45)39-66-74(62,65-38-42-26-30-44(31-27-42)68-48(54)25-23-21-19-11-9-7-5-2)71-73(60,61)70-72(58,59)64-40-46-34-35-47(67-46)53-37-41(3)49(55)52-50(53)56;;/h26-35,37,46-47H,4-25,36,38-40H2,1-3H3,(H,58,59)(H,60,61)(H,52,55,56);2*1H3/t46-,47+,74?;;/m0../s1. The first kappa shape index (κ1) is 68.0. The van der Waals surface area contributed by atoms with Crippen LogP contribution in [-0.4, -0.2) is 50.8 Å². The second-order valence-corrected chi connectivity index (χ2v) is 23.1. The molecule has 0 saturated carbocycles. The first-order valence-corrected chi connectivity index (χ1v) is 30.4. The molecule has 2 aromatic carbocycles. The van der Waals surface area contributed by atoms with Gasteiger partial charge in [-0.25, -0.2) is 23.3 Å². The highest BCUT2D eigenvalue weighted by molar-refractivity contribution is 7.67. The molecule has 4 rings (SSSR count). The van der Waals surface area contributed by atoms with Gasteiger partial charge in [-0.3, -0.25) is 32.7 Å². The Morgan fingerprint density at radius 3 is 1.61 bits per heavy atom. The molecule has 0 spiro atoms. The normalized spacial score (nSPS) is 16.4. The number of carbonyl (C=O) groups excluding carboxylic acids is 2. The molecule has 0 radical (unpaired) electrons. The zero-order valence-electron chi connectivity index (χ0n) is 44.5. The fourth-order valence-corrected chi connectivity index (χ4v) is 11.7. The molecule has 22 nitrogen and oxygen atoms in total. The molecule has 3 unspecified atom stereocenters. The fraction of sp³-hybridized carbons (Fsp3) is 0.608. The topological polar surface area (TPSA) is 334 Å². The zero-order valence-corrected chi connectivity index (χ0v) is 47.2. The summed E-state index contributed by atoms with van der Waals surface area (Å²) in [6, 6.07) is 11.6. The predicted molar refractivity (Wildman–Crippen MR) is 288 cm³/mol. The number of nitrogens with one attached hydrogen (secondary N) is 1. The maximum Gasteiger partial charge on any atom is 0.513 e. The van der Waals surface area contributed by atoms with Crippen molar-refractivity contribution in [2.75, 3.05) is 13.2 Å². The minimum absolute atomic E-state index is 0. The molecule has 1 aliphatic heterocycles. The molecule has 0 aliphatic carbocycles. The van der Waals surface area contributed by atoms with E-state index in [2.05, 4.69) is 23.1 Å². The molecule has 0 fully saturated rings. The minimum atomic E-state index is -5.83. The van der Waals surface area contributed by atoms with Crippen LogP contribution in [0.5, 0.6) is 11.5 Å². The van der Waals surface area contributed by atoms with E-state index >= 15 is 0 Å². The highest BCUT2D eigenvalue weighted by Crippen LogP contribution is 2.69. The van der Waals surface area contributed by atoms with E-state index in [1.54, 1.807) is 0 Å². The van der Waals surface area contributed by atoms with Crippen LogP contribution in [0.3, 0.4) is 0 Å². The summed E-state index contributed by atoms with van der Waals surface area (Å²) < 4.78 is 87.8. The van der Waals surface area contributed by atoms with E-state index < -0.39 is 79.0 Å². The summed E-state index contributed by atoms with van der Waals surface area (Å²) >= 11 is 0. The number of rotatable bonds is 39. The van der Waals surface area contributed by atoms with Gasteiger partial charge in [-0.1, -0.05) is 166 Å². The number of phosphoric ester groups is 2. The third-order valence-corrected chi connectivity index (χ3v) is 16.4. The second kappa shape index (κ2) is 36.9. The van der Waals surface area contributed by atoms with E-state index in [4.69, 9.17) is 36.8 Å². The van der Waals surface area contributed by atoms with Gasteiger partial charge in [-0.2, -0.15) is 8.62 Å². The maximum absolute atomic E-state index is 14.1. The van der Waals surface area contributed by atoms with Gasteiger partial charge in [0.15, 0.2) is 6.23 Å². The van der Waals surface area contributed by atoms with Crippen molar-refractivity contribution in [1.82, 2.24) is 21.9 Å². The number of hydrogen-bond donors (Lipinski definition) is 5. The lowest BCUT2D eigenvalue weighted by atomic mass is 10.0. The molecule has 0 amide bonds. The molecule has 9 N–H and O–H groups in total. The van der Waals surface area contributed by atoms with Crippen molar-refractivity contribution in [2.45, 2.75) is 188 Å². The molecule has 0 saturated heterocycles. The highest BCUT2D eigenvalue weighted by atomic mass is 31.3. The molecular formula is C51H83N4O18P3. The summed E-state index contributed by atoms with van der Waals surface area (Å²) in [4.78, 5) is 72.0. The Morgan fingerprint density at radius 2 is 1.09 bits per heavy atom. The van der Waals surface area contributed by atoms with E-state index in [9.17, 15) is 42.7 Å². The number of esters is 1. The molecule has 1 aromatic heterocycles. The Labute approximate surface area is 446 Å². The van der Waals surface area contributed by atoms with Crippen LogP contribution in [0.2, 0.25) is 0 Å². The summed E-state index contributed by atoms with van der Waals surface area (Å²) in [7, 11) is -16.5. The van der Waals surface area contributed by atoms with E-state index in [-0.39, 0.29) is 42.4 Å². The molecule has 0 bridgehead atoms. The third kappa shape index (κ3) is 28.0. The predicted octanol–water partition coefficient (Wildman–Crippen LogP) is 13.5. The van der Waals surface area contributed by atoms with Gasteiger partial charge < -0.3 is 41.0 Å². The van der Waals surface area contributed by atoms with Gasteiger partial charge in [-0.15, -0.1) is 0 Å². The molecule has 5 atom stereocenters. The molecular weight excluding hydrogens is 1050 g/mol. The van der Waals surface area contributed by atoms with Crippen LogP contribution in [-0.2, 0) is 63.4 Å². The first-order chi connectivity index (χ1) is 35.5. The Bertz CT molecular complexity index is 2440. The van der Waals surface area contributed by atoms with Gasteiger partial charge in [0.05, 0.1) is 26.4 Å². The summed E-state index contributed by atoms with van der Waals surface area (Å²) in [5.41, 5.74) is -0.519. The molecule has 25 heteroatoms. The van der Waals surface area contributed by atoms with Crippen molar-refractivity contribution in [3.05, 3.63) is 104 Å². The molecule has 430 valence electrons. The second-order valence-electron chi connectivity index (χ2n) is 18.2. The Hall–Kier alpha value is -4.11. The van der Waals surface area contributed by atoms with Crippen molar-refractivity contribution in [3.8, 4) is 11.5 Å². The summed E-state index contributed by atoms with van der Waals surface area (Å²) in [6.07, 6.45) is 25.5. The molecule has 2 heterocycles.